The highest BCUT2D eigenvalue weighted by molar-refractivity contribution is 5.03. The van der Waals surface area contributed by atoms with Crippen LogP contribution in [0.4, 0.5) is 0 Å². The monoisotopic (exact) mass is 334 g/mol. The van der Waals surface area contributed by atoms with E-state index >= 15 is 0 Å². The Morgan fingerprint density at radius 2 is 2.17 bits per heavy atom. The first kappa shape index (κ1) is 17.0. The largest absolute Gasteiger partial charge is 0.376 e. The van der Waals surface area contributed by atoms with Crippen LogP contribution >= 0.6 is 0 Å². The van der Waals surface area contributed by atoms with Crippen molar-refractivity contribution in [2.75, 3.05) is 20.2 Å². The van der Waals surface area contributed by atoms with E-state index in [1.54, 1.807) is 0 Å². The summed E-state index contributed by atoms with van der Waals surface area (Å²) in [5, 5.41) is 19.3. The van der Waals surface area contributed by atoms with Gasteiger partial charge in [0.05, 0.1) is 24.1 Å². The first-order chi connectivity index (χ1) is 11.3. The van der Waals surface area contributed by atoms with Crippen LogP contribution in [-0.4, -0.2) is 66.6 Å². The Balaban J connectivity index is 1.64. The van der Waals surface area contributed by atoms with E-state index in [1.807, 2.05) is 11.6 Å². The molecule has 0 aliphatic carbocycles. The number of aromatic amines is 1. The number of H-pyrrole nitrogens is 1. The summed E-state index contributed by atoms with van der Waals surface area (Å²) in [7, 11) is 2.06. The fourth-order valence-electron chi connectivity index (χ4n) is 3.09. The standard InChI is InChI=1S/C15H26N8O/c1-10-16-14(19-17-10)11-6-7-24-12(11)8-22(5)9-13-18-20-21-23(13)15(2,3)4/h11-12H,6-9H2,1-5H3,(H,16,17,19)/t11-,12-/m1/s1. The van der Waals surface area contributed by atoms with Crippen LogP contribution in [0.1, 0.15) is 50.6 Å². The van der Waals surface area contributed by atoms with E-state index in [4.69, 9.17) is 4.74 Å². The number of hydrogen-bond acceptors (Lipinski definition) is 7. The molecule has 2 atom stereocenters. The van der Waals surface area contributed by atoms with Gasteiger partial charge in [-0.25, -0.2) is 9.67 Å². The lowest BCUT2D eigenvalue weighted by molar-refractivity contribution is 0.0696. The van der Waals surface area contributed by atoms with Gasteiger partial charge in [0.1, 0.15) is 5.82 Å². The van der Waals surface area contributed by atoms with Crippen LogP contribution < -0.4 is 0 Å². The predicted octanol–water partition coefficient (Wildman–Crippen LogP) is 0.859. The van der Waals surface area contributed by atoms with E-state index in [0.717, 1.165) is 37.0 Å². The third-order valence-corrected chi connectivity index (χ3v) is 4.23. The van der Waals surface area contributed by atoms with E-state index in [1.165, 1.54) is 0 Å². The summed E-state index contributed by atoms with van der Waals surface area (Å²) in [5.74, 6) is 2.78. The maximum atomic E-state index is 5.92. The number of nitrogens with zero attached hydrogens (tertiary/aromatic N) is 7. The van der Waals surface area contributed by atoms with E-state index in [0.29, 0.717) is 6.54 Å². The van der Waals surface area contributed by atoms with Crippen LogP contribution in [0.3, 0.4) is 0 Å². The quantitative estimate of drug-likeness (QED) is 0.866. The van der Waals surface area contributed by atoms with Gasteiger partial charge in [0.2, 0.25) is 0 Å². The SMILES string of the molecule is Cc1nc([C@@H]2CCO[C@@H]2CN(C)Cc2nnnn2C(C)(C)C)n[nH]1. The summed E-state index contributed by atoms with van der Waals surface area (Å²) in [6.45, 7) is 10.4. The van der Waals surface area contributed by atoms with E-state index in [-0.39, 0.29) is 17.6 Å². The van der Waals surface area contributed by atoms with Crippen LogP contribution in [0.25, 0.3) is 0 Å². The van der Waals surface area contributed by atoms with Crippen LogP contribution in [0.15, 0.2) is 0 Å². The second-order valence-electron chi connectivity index (χ2n) is 7.46. The molecule has 0 bridgehead atoms. The second kappa shape index (κ2) is 6.56. The maximum Gasteiger partial charge on any atom is 0.165 e. The minimum Gasteiger partial charge on any atom is -0.376 e. The van der Waals surface area contributed by atoms with Crippen LogP contribution in [-0.2, 0) is 16.8 Å². The van der Waals surface area contributed by atoms with Crippen LogP contribution in [0.2, 0.25) is 0 Å². The zero-order valence-corrected chi connectivity index (χ0v) is 15.0. The lowest BCUT2D eigenvalue weighted by Crippen LogP contribution is -2.34. The molecule has 3 rings (SSSR count). The van der Waals surface area contributed by atoms with Gasteiger partial charge in [-0.15, -0.1) is 5.10 Å². The van der Waals surface area contributed by atoms with Gasteiger partial charge >= 0.3 is 0 Å². The maximum absolute atomic E-state index is 5.92. The summed E-state index contributed by atoms with van der Waals surface area (Å²) in [6.07, 6.45) is 1.04. The Kier molecular flexibility index (Phi) is 4.64. The number of hydrogen-bond donors (Lipinski definition) is 1. The Bertz CT molecular complexity index is 673. The number of nitrogens with one attached hydrogen (secondary N) is 1. The molecular weight excluding hydrogens is 308 g/mol. The van der Waals surface area contributed by atoms with Gasteiger partial charge in [-0.1, -0.05) is 0 Å². The van der Waals surface area contributed by atoms with Crippen molar-refractivity contribution in [3.63, 3.8) is 0 Å². The van der Waals surface area contributed by atoms with Gasteiger partial charge in [-0.3, -0.25) is 10.00 Å². The van der Waals surface area contributed by atoms with Crippen LogP contribution in [0, 0.1) is 6.92 Å². The van der Waals surface area contributed by atoms with Crippen molar-refractivity contribution in [1.82, 2.24) is 40.3 Å². The minimum atomic E-state index is -0.136. The topological polar surface area (TPSA) is 97.6 Å². The van der Waals surface area contributed by atoms with Gasteiger partial charge in [0.15, 0.2) is 11.6 Å². The van der Waals surface area contributed by atoms with Gasteiger partial charge in [0, 0.05) is 13.2 Å². The fraction of sp³-hybridized carbons (Fsp3) is 0.800. The number of aryl methyl sites for hydroxylation is 1. The van der Waals surface area contributed by atoms with Gasteiger partial charge in [0.25, 0.3) is 0 Å². The minimum absolute atomic E-state index is 0.0872. The van der Waals surface area contributed by atoms with Gasteiger partial charge < -0.3 is 4.74 Å². The van der Waals surface area contributed by atoms with Crippen molar-refractivity contribution in [3.8, 4) is 0 Å². The molecule has 0 aromatic carbocycles. The van der Waals surface area contributed by atoms with E-state index in [9.17, 15) is 0 Å². The van der Waals surface area contributed by atoms with Gasteiger partial charge in [-0.05, 0) is 51.6 Å². The smallest absolute Gasteiger partial charge is 0.165 e. The molecule has 132 valence electrons. The molecule has 1 fully saturated rings. The molecular formula is C15H26N8O. The van der Waals surface area contributed by atoms with Crippen molar-refractivity contribution in [3.05, 3.63) is 17.5 Å². The average Bonchev–Trinajstić information content (AvgIpc) is 3.18. The molecule has 1 aliphatic heterocycles. The number of tetrazole rings is 1. The molecule has 0 spiro atoms. The molecule has 0 radical (unpaired) electrons. The highest BCUT2D eigenvalue weighted by atomic mass is 16.5. The molecule has 2 aromatic rings. The summed E-state index contributed by atoms with van der Waals surface area (Å²) < 4.78 is 7.79. The number of aromatic nitrogens is 7. The molecule has 0 amide bonds. The molecule has 9 nitrogen and oxygen atoms in total. The van der Waals surface area contributed by atoms with E-state index < -0.39 is 0 Å². The average molecular weight is 334 g/mol. The summed E-state index contributed by atoms with van der Waals surface area (Å²) in [4.78, 5) is 6.66. The molecule has 1 N–H and O–H groups in total. The molecule has 3 heterocycles. The first-order valence-corrected chi connectivity index (χ1v) is 8.31. The Morgan fingerprint density at radius 3 is 2.83 bits per heavy atom. The highest BCUT2D eigenvalue weighted by Crippen LogP contribution is 2.29. The summed E-state index contributed by atoms with van der Waals surface area (Å²) >= 11 is 0. The predicted molar refractivity (Wildman–Crippen MR) is 87.4 cm³/mol. The zero-order valence-electron chi connectivity index (χ0n) is 15.0. The molecule has 1 aliphatic rings. The van der Waals surface area contributed by atoms with Crippen molar-refractivity contribution >= 4 is 0 Å². The van der Waals surface area contributed by atoms with Crippen molar-refractivity contribution < 1.29 is 4.74 Å². The van der Waals surface area contributed by atoms with Crippen molar-refractivity contribution in [1.29, 1.82) is 0 Å². The Morgan fingerprint density at radius 1 is 1.38 bits per heavy atom. The number of rotatable bonds is 5. The van der Waals surface area contributed by atoms with Crippen molar-refractivity contribution in [2.24, 2.45) is 0 Å². The Hall–Kier alpha value is -1.87. The summed E-state index contributed by atoms with van der Waals surface area (Å²) in [5.41, 5.74) is -0.136. The molecule has 2 aromatic heterocycles. The molecule has 1 saturated heterocycles. The Labute approximate surface area is 141 Å². The fourth-order valence-corrected chi connectivity index (χ4v) is 3.09. The normalized spacial score (nSPS) is 21.8. The molecule has 0 unspecified atom stereocenters. The van der Waals surface area contributed by atoms with Gasteiger partial charge in [-0.2, -0.15) is 5.10 Å². The number of likely N-dealkylation sites (N-methyl/N-ethyl adjacent to an activating group) is 1. The highest BCUT2D eigenvalue weighted by Gasteiger charge is 2.33. The van der Waals surface area contributed by atoms with Crippen LogP contribution in [0.5, 0.6) is 0 Å². The third-order valence-electron chi connectivity index (χ3n) is 4.23. The number of ether oxygens (including phenoxy) is 1. The van der Waals surface area contributed by atoms with E-state index in [2.05, 4.69) is 63.4 Å². The molecule has 24 heavy (non-hydrogen) atoms. The van der Waals surface area contributed by atoms with Crippen molar-refractivity contribution in [2.45, 2.75) is 58.2 Å². The zero-order chi connectivity index (χ0) is 17.3. The lowest BCUT2D eigenvalue weighted by Gasteiger charge is -2.25. The second-order valence-corrected chi connectivity index (χ2v) is 7.46. The molecule has 9 heteroatoms. The lowest BCUT2D eigenvalue weighted by atomic mass is 10.0. The first-order valence-electron chi connectivity index (χ1n) is 8.31. The summed E-state index contributed by atoms with van der Waals surface area (Å²) in [6, 6.07) is 0. The molecule has 0 saturated carbocycles. The third kappa shape index (κ3) is 3.62.